The maximum absolute atomic E-state index is 12.4. The van der Waals surface area contributed by atoms with Gasteiger partial charge < -0.3 is 10.4 Å². The van der Waals surface area contributed by atoms with Crippen molar-refractivity contribution in [3.05, 3.63) is 0 Å². The Kier molecular flexibility index (Phi) is 4.35. The molecule has 2 N–H and O–H groups in total. The first kappa shape index (κ1) is 14.6. The molecule has 1 atom stereocenters. The lowest BCUT2D eigenvalue weighted by Gasteiger charge is -2.34. The summed E-state index contributed by atoms with van der Waals surface area (Å²) in [6, 6.07) is 0.303. The van der Waals surface area contributed by atoms with E-state index in [0.29, 0.717) is 19.1 Å². The van der Waals surface area contributed by atoms with E-state index >= 15 is 0 Å². The zero-order chi connectivity index (χ0) is 14.0. The minimum atomic E-state index is -4.55. The number of carbonyl (C=O) groups is 1. The molecule has 0 aromatic heterocycles. The molecule has 0 spiro atoms. The summed E-state index contributed by atoms with van der Waals surface area (Å²) in [5, 5.41) is 12.0. The van der Waals surface area contributed by atoms with E-state index in [-0.39, 0.29) is 25.3 Å². The van der Waals surface area contributed by atoms with Gasteiger partial charge in [0.2, 0.25) is 5.91 Å². The smallest absolute Gasteiger partial charge is 0.383 e. The van der Waals surface area contributed by atoms with Crippen LogP contribution < -0.4 is 5.32 Å². The van der Waals surface area contributed by atoms with E-state index in [1.807, 2.05) is 4.90 Å². The summed E-state index contributed by atoms with van der Waals surface area (Å²) in [7, 11) is 0. The number of amides is 1. The number of nitrogens with one attached hydrogen (secondary N) is 1. The van der Waals surface area contributed by atoms with Crippen molar-refractivity contribution in [2.75, 3.05) is 19.6 Å². The maximum atomic E-state index is 12.4. The predicted molar refractivity (Wildman–Crippen MR) is 62.4 cm³/mol. The number of hydrogen-bond donors (Lipinski definition) is 2. The van der Waals surface area contributed by atoms with Crippen LogP contribution in [0.4, 0.5) is 13.2 Å². The molecule has 1 saturated heterocycles. The third-order valence-corrected chi connectivity index (χ3v) is 3.72. The van der Waals surface area contributed by atoms with Crippen molar-refractivity contribution in [2.45, 2.75) is 44.0 Å². The van der Waals surface area contributed by atoms with E-state index in [1.54, 1.807) is 0 Å². The number of aliphatic hydroxyl groups is 1. The van der Waals surface area contributed by atoms with E-state index < -0.39 is 18.2 Å². The second-order valence-electron chi connectivity index (χ2n) is 5.44. The van der Waals surface area contributed by atoms with Gasteiger partial charge in [-0.3, -0.25) is 9.69 Å². The molecule has 4 nitrogen and oxygen atoms in total. The molecule has 1 unspecified atom stereocenters. The molecule has 1 saturated carbocycles. The Morgan fingerprint density at radius 3 is 2.32 bits per heavy atom. The van der Waals surface area contributed by atoms with Crippen LogP contribution in [0.15, 0.2) is 0 Å². The van der Waals surface area contributed by atoms with Gasteiger partial charge in [0, 0.05) is 6.04 Å². The van der Waals surface area contributed by atoms with Gasteiger partial charge in [-0.25, -0.2) is 0 Å². The number of nitrogens with zero attached hydrogens (tertiary/aromatic N) is 1. The summed E-state index contributed by atoms with van der Waals surface area (Å²) in [5.41, 5.74) is 0. The third kappa shape index (κ3) is 4.35. The fourth-order valence-electron chi connectivity index (χ4n) is 2.40. The second-order valence-corrected chi connectivity index (χ2v) is 5.44. The topological polar surface area (TPSA) is 52.6 Å². The first-order valence-corrected chi connectivity index (χ1v) is 6.63. The van der Waals surface area contributed by atoms with Gasteiger partial charge in [-0.15, -0.1) is 0 Å². The predicted octanol–water partition coefficient (Wildman–Crippen LogP) is 0.900. The second kappa shape index (κ2) is 5.66. The molecule has 7 heteroatoms. The number of halogens is 3. The van der Waals surface area contributed by atoms with Gasteiger partial charge in [0.25, 0.3) is 0 Å². The van der Waals surface area contributed by atoms with Gasteiger partial charge in [0.1, 0.15) is 0 Å². The lowest BCUT2D eigenvalue weighted by molar-refractivity contribution is -0.223. The van der Waals surface area contributed by atoms with E-state index in [4.69, 9.17) is 0 Å². The van der Waals surface area contributed by atoms with E-state index in [2.05, 4.69) is 5.32 Å². The fraction of sp³-hybridized carbons (Fsp3) is 0.917. The molecule has 1 heterocycles. The highest BCUT2D eigenvalue weighted by Crippen LogP contribution is 2.31. The largest absolute Gasteiger partial charge is 0.414 e. The number of rotatable bonds is 4. The monoisotopic (exact) mass is 280 g/mol. The van der Waals surface area contributed by atoms with Crippen LogP contribution in [-0.4, -0.2) is 53.9 Å². The van der Waals surface area contributed by atoms with Crippen LogP contribution in [0.25, 0.3) is 0 Å². The first-order valence-electron chi connectivity index (χ1n) is 6.63. The Bertz CT molecular complexity index is 323. The van der Waals surface area contributed by atoms with Crippen LogP contribution in [0, 0.1) is 5.92 Å². The number of likely N-dealkylation sites (tertiary alicyclic amines) is 1. The summed E-state index contributed by atoms with van der Waals surface area (Å²) < 4.78 is 37.1. The molecule has 0 aromatic rings. The normalized spacial score (nSPS) is 24.2. The Balaban J connectivity index is 1.71. The molecule has 2 rings (SSSR count). The molecule has 0 radical (unpaired) electrons. The molecule has 2 aliphatic rings. The molecular formula is C12H19F3N2O2. The molecule has 1 amide bonds. The summed E-state index contributed by atoms with van der Waals surface area (Å²) in [4.78, 5) is 13.4. The Hall–Kier alpha value is -0.820. The molecule has 0 bridgehead atoms. The average Bonchev–Trinajstić information content (AvgIpc) is 3.11. The van der Waals surface area contributed by atoms with E-state index in [0.717, 1.165) is 12.8 Å². The molecule has 2 fully saturated rings. The van der Waals surface area contributed by atoms with Gasteiger partial charge >= 0.3 is 6.18 Å². The average molecular weight is 280 g/mol. The SMILES string of the molecule is O=C(CN1CCC(C(O)C(F)(F)F)CC1)NC1CC1. The Morgan fingerprint density at radius 1 is 1.26 bits per heavy atom. The van der Waals surface area contributed by atoms with Gasteiger partial charge in [0.05, 0.1) is 6.54 Å². The van der Waals surface area contributed by atoms with Crippen LogP contribution in [0.2, 0.25) is 0 Å². The van der Waals surface area contributed by atoms with Crippen LogP contribution in [-0.2, 0) is 4.79 Å². The highest BCUT2D eigenvalue weighted by molar-refractivity contribution is 5.78. The number of aliphatic hydroxyl groups excluding tert-OH is 1. The Morgan fingerprint density at radius 2 is 1.84 bits per heavy atom. The van der Waals surface area contributed by atoms with Gasteiger partial charge in [-0.1, -0.05) is 0 Å². The minimum absolute atomic E-state index is 0.0580. The van der Waals surface area contributed by atoms with E-state index in [9.17, 15) is 23.1 Å². The number of carbonyl (C=O) groups excluding carboxylic acids is 1. The van der Waals surface area contributed by atoms with Gasteiger partial charge in [-0.2, -0.15) is 13.2 Å². The quantitative estimate of drug-likeness (QED) is 0.804. The van der Waals surface area contributed by atoms with Crippen molar-refractivity contribution in [1.82, 2.24) is 10.2 Å². The minimum Gasteiger partial charge on any atom is -0.383 e. The van der Waals surface area contributed by atoms with Crippen molar-refractivity contribution >= 4 is 5.91 Å². The summed E-state index contributed by atoms with van der Waals surface area (Å²) in [5.74, 6) is -0.805. The van der Waals surface area contributed by atoms with Crippen LogP contribution in [0.1, 0.15) is 25.7 Å². The summed E-state index contributed by atoms with van der Waals surface area (Å²) in [6.07, 6.45) is -4.20. The number of alkyl halides is 3. The highest BCUT2D eigenvalue weighted by atomic mass is 19.4. The molecule has 19 heavy (non-hydrogen) atoms. The third-order valence-electron chi connectivity index (χ3n) is 3.72. The zero-order valence-electron chi connectivity index (χ0n) is 10.6. The molecular weight excluding hydrogens is 261 g/mol. The summed E-state index contributed by atoms with van der Waals surface area (Å²) in [6.45, 7) is 1.09. The maximum Gasteiger partial charge on any atom is 0.414 e. The van der Waals surface area contributed by atoms with Crippen molar-refractivity contribution < 1.29 is 23.1 Å². The first-order chi connectivity index (χ1) is 8.86. The molecule has 1 aliphatic carbocycles. The standard InChI is InChI=1S/C12H19F3N2O2/c13-12(14,15)11(19)8-3-5-17(6-4-8)7-10(18)16-9-1-2-9/h8-9,11,19H,1-7H2,(H,16,18). The van der Waals surface area contributed by atoms with E-state index in [1.165, 1.54) is 0 Å². The number of hydrogen-bond acceptors (Lipinski definition) is 3. The van der Waals surface area contributed by atoms with Crippen molar-refractivity contribution in [1.29, 1.82) is 0 Å². The summed E-state index contributed by atoms with van der Waals surface area (Å²) >= 11 is 0. The fourth-order valence-corrected chi connectivity index (χ4v) is 2.40. The van der Waals surface area contributed by atoms with Crippen molar-refractivity contribution in [3.63, 3.8) is 0 Å². The van der Waals surface area contributed by atoms with Crippen LogP contribution in [0.3, 0.4) is 0 Å². The lowest BCUT2D eigenvalue weighted by Crippen LogP contribution is -2.46. The van der Waals surface area contributed by atoms with Crippen molar-refractivity contribution in [2.24, 2.45) is 5.92 Å². The molecule has 1 aliphatic heterocycles. The van der Waals surface area contributed by atoms with Crippen molar-refractivity contribution in [3.8, 4) is 0 Å². The van der Waals surface area contributed by atoms with Gasteiger partial charge in [0.15, 0.2) is 6.10 Å². The number of piperidine rings is 1. The van der Waals surface area contributed by atoms with Crippen LogP contribution in [0.5, 0.6) is 0 Å². The lowest BCUT2D eigenvalue weighted by atomic mass is 9.91. The molecule has 0 aromatic carbocycles. The van der Waals surface area contributed by atoms with Gasteiger partial charge in [-0.05, 0) is 44.7 Å². The zero-order valence-corrected chi connectivity index (χ0v) is 10.6. The molecule has 110 valence electrons. The van der Waals surface area contributed by atoms with Crippen LogP contribution >= 0.6 is 0 Å². The Labute approximate surface area is 110 Å². The highest BCUT2D eigenvalue weighted by Gasteiger charge is 2.44.